The minimum Gasteiger partial charge on any atom is -0.504 e. The van der Waals surface area contributed by atoms with Crippen LogP contribution in [-0.2, 0) is 5.41 Å². The molecular formula is C21H28O4. The third kappa shape index (κ3) is 2.90. The first-order valence-corrected chi connectivity index (χ1v) is 8.33. The summed E-state index contributed by atoms with van der Waals surface area (Å²) in [6.07, 6.45) is 0. The molecular weight excluding hydrogens is 316 g/mol. The Morgan fingerprint density at radius 1 is 0.720 bits per heavy atom. The predicted molar refractivity (Wildman–Crippen MR) is 100 cm³/mol. The highest BCUT2D eigenvalue weighted by Gasteiger charge is 2.33. The van der Waals surface area contributed by atoms with E-state index in [0.29, 0.717) is 11.5 Å². The molecule has 0 fully saturated rings. The van der Waals surface area contributed by atoms with E-state index in [9.17, 15) is 10.2 Å². The minimum atomic E-state index is -0.371. The molecule has 2 N–H and O–H groups in total. The number of ether oxygens (including phenoxy) is 2. The first-order chi connectivity index (χ1) is 11.6. The van der Waals surface area contributed by atoms with Gasteiger partial charge in [0.05, 0.1) is 14.2 Å². The molecule has 4 heteroatoms. The molecule has 0 unspecified atom stereocenters. The lowest BCUT2D eigenvalue weighted by Crippen LogP contribution is -2.25. The molecule has 2 rings (SSSR count). The Labute approximate surface area is 150 Å². The average molecular weight is 344 g/mol. The van der Waals surface area contributed by atoms with Crippen molar-refractivity contribution in [3.63, 3.8) is 0 Å². The maximum atomic E-state index is 10.2. The molecule has 0 amide bonds. The smallest absolute Gasteiger partial charge is 0.163 e. The lowest BCUT2D eigenvalue weighted by atomic mass is 9.71. The molecule has 0 aliphatic rings. The van der Waals surface area contributed by atoms with Crippen LogP contribution in [0.2, 0.25) is 0 Å². The van der Waals surface area contributed by atoms with Crippen LogP contribution >= 0.6 is 0 Å². The van der Waals surface area contributed by atoms with E-state index in [-0.39, 0.29) is 16.9 Å². The largest absolute Gasteiger partial charge is 0.504 e. The van der Waals surface area contributed by atoms with E-state index in [1.807, 2.05) is 27.7 Å². The number of phenolic OH excluding ortho intramolecular Hbond substituents is 2. The van der Waals surface area contributed by atoms with Crippen molar-refractivity contribution >= 4 is 0 Å². The summed E-state index contributed by atoms with van der Waals surface area (Å²) in [4.78, 5) is 0. The molecule has 0 aliphatic heterocycles. The van der Waals surface area contributed by atoms with E-state index in [0.717, 1.165) is 33.4 Å². The Hall–Kier alpha value is -2.36. The lowest BCUT2D eigenvalue weighted by molar-refractivity contribution is 0.366. The number of phenols is 2. The van der Waals surface area contributed by atoms with E-state index in [1.54, 1.807) is 26.4 Å². The van der Waals surface area contributed by atoms with Crippen molar-refractivity contribution in [2.24, 2.45) is 0 Å². The number of aryl methyl sites for hydroxylation is 2. The molecule has 0 saturated carbocycles. The van der Waals surface area contributed by atoms with Crippen LogP contribution < -0.4 is 9.47 Å². The van der Waals surface area contributed by atoms with Crippen molar-refractivity contribution in [1.82, 2.24) is 0 Å². The molecule has 0 saturated heterocycles. The monoisotopic (exact) mass is 344 g/mol. The van der Waals surface area contributed by atoms with Crippen molar-refractivity contribution in [2.45, 2.75) is 47.0 Å². The molecule has 136 valence electrons. The third-order valence-corrected chi connectivity index (χ3v) is 5.05. The van der Waals surface area contributed by atoms with Gasteiger partial charge in [-0.3, -0.25) is 0 Å². The highest BCUT2D eigenvalue weighted by atomic mass is 16.5. The van der Waals surface area contributed by atoms with Crippen molar-refractivity contribution < 1.29 is 19.7 Å². The molecule has 0 radical (unpaired) electrons. The van der Waals surface area contributed by atoms with Crippen LogP contribution in [0.4, 0.5) is 0 Å². The molecule has 0 aliphatic carbocycles. The van der Waals surface area contributed by atoms with Crippen molar-refractivity contribution in [1.29, 1.82) is 0 Å². The maximum Gasteiger partial charge on any atom is 0.163 e. The van der Waals surface area contributed by atoms with Crippen LogP contribution in [0.1, 0.15) is 47.2 Å². The second-order valence-electron chi connectivity index (χ2n) is 7.12. The fourth-order valence-corrected chi connectivity index (χ4v) is 4.45. The van der Waals surface area contributed by atoms with Gasteiger partial charge in [0.1, 0.15) is 0 Å². The molecule has 25 heavy (non-hydrogen) atoms. The van der Waals surface area contributed by atoms with Gasteiger partial charge in [-0.15, -0.1) is 0 Å². The highest BCUT2D eigenvalue weighted by Crippen LogP contribution is 2.47. The minimum absolute atomic E-state index is 0.147. The topological polar surface area (TPSA) is 58.9 Å². The van der Waals surface area contributed by atoms with E-state index < -0.39 is 0 Å². The van der Waals surface area contributed by atoms with Gasteiger partial charge in [0, 0.05) is 5.41 Å². The van der Waals surface area contributed by atoms with E-state index in [2.05, 4.69) is 13.8 Å². The number of methoxy groups -OCH3 is 2. The summed E-state index contributed by atoms with van der Waals surface area (Å²) in [5.41, 5.74) is 5.64. The zero-order valence-electron chi connectivity index (χ0n) is 16.4. The molecule has 0 atom stereocenters. The molecule has 0 spiro atoms. The van der Waals surface area contributed by atoms with Crippen LogP contribution in [0.15, 0.2) is 12.1 Å². The third-order valence-electron chi connectivity index (χ3n) is 5.05. The van der Waals surface area contributed by atoms with Gasteiger partial charge in [0.25, 0.3) is 0 Å². The van der Waals surface area contributed by atoms with E-state index in [1.165, 1.54) is 0 Å². The van der Waals surface area contributed by atoms with E-state index in [4.69, 9.17) is 9.47 Å². The van der Waals surface area contributed by atoms with Crippen molar-refractivity contribution in [3.8, 4) is 23.0 Å². The SMILES string of the molecule is COc1c(O)cc(C)c(C(C)(C)c2c(C)cc(O)c(OC)c2C)c1C. The molecule has 2 aromatic rings. The van der Waals surface area contributed by atoms with Crippen LogP contribution in [0.5, 0.6) is 23.0 Å². The van der Waals surface area contributed by atoms with Gasteiger partial charge in [0.2, 0.25) is 0 Å². The highest BCUT2D eigenvalue weighted by molar-refractivity contribution is 5.62. The fourth-order valence-electron chi connectivity index (χ4n) is 4.45. The summed E-state index contributed by atoms with van der Waals surface area (Å²) in [6.45, 7) is 12.2. The molecule has 0 aromatic heterocycles. The fraction of sp³-hybridized carbons (Fsp3) is 0.429. The van der Waals surface area contributed by atoms with E-state index >= 15 is 0 Å². The lowest BCUT2D eigenvalue weighted by Gasteiger charge is -2.34. The predicted octanol–water partition coefficient (Wildman–Crippen LogP) is 4.67. The first kappa shape index (κ1) is 19.0. The normalized spacial score (nSPS) is 11.5. The molecule has 4 nitrogen and oxygen atoms in total. The number of hydrogen-bond donors (Lipinski definition) is 2. The summed E-state index contributed by atoms with van der Waals surface area (Å²) in [7, 11) is 3.13. The van der Waals surface area contributed by atoms with Crippen LogP contribution in [0.25, 0.3) is 0 Å². The average Bonchev–Trinajstić information content (AvgIpc) is 2.45. The number of benzene rings is 2. The molecule has 2 aromatic carbocycles. The Morgan fingerprint density at radius 2 is 1.04 bits per heavy atom. The van der Waals surface area contributed by atoms with Gasteiger partial charge in [-0.1, -0.05) is 13.8 Å². The van der Waals surface area contributed by atoms with Gasteiger partial charge in [-0.2, -0.15) is 0 Å². The van der Waals surface area contributed by atoms with Crippen molar-refractivity contribution in [3.05, 3.63) is 45.5 Å². The quantitative estimate of drug-likeness (QED) is 0.846. The number of hydrogen-bond acceptors (Lipinski definition) is 4. The second kappa shape index (κ2) is 6.51. The zero-order valence-corrected chi connectivity index (χ0v) is 16.4. The molecule has 0 heterocycles. The van der Waals surface area contributed by atoms with Gasteiger partial charge < -0.3 is 19.7 Å². The summed E-state index contributed by atoms with van der Waals surface area (Å²) in [5.74, 6) is 1.28. The van der Waals surface area contributed by atoms with Gasteiger partial charge >= 0.3 is 0 Å². The Kier molecular flexibility index (Phi) is 4.94. The van der Waals surface area contributed by atoms with Gasteiger partial charge in [-0.05, 0) is 73.2 Å². The van der Waals surface area contributed by atoms with Crippen LogP contribution in [0, 0.1) is 27.7 Å². The number of aromatic hydroxyl groups is 2. The van der Waals surface area contributed by atoms with Gasteiger partial charge in [-0.25, -0.2) is 0 Å². The van der Waals surface area contributed by atoms with Crippen LogP contribution in [0.3, 0.4) is 0 Å². The Bertz CT molecular complexity index is 752. The van der Waals surface area contributed by atoms with Gasteiger partial charge in [0.15, 0.2) is 23.0 Å². The van der Waals surface area contributed by atoms with Crippen molar-refractivity contribution in [2.75, 3.05) is 14.2 Å². The summed E-state index contributed by atoms with van der Waals surface area (Å²) >= 11 is 0. The summed E-state index contributed by atoms with van der Waals surface area (Å²) in [5, 5.41) is 20.4. The second-order valence-corrected chi connectivity index (χ2v) is 7.12. The summed E-state index contributed by atoms with van der Waals surface area (Å²) < 4.78 is 10.8. The number of rotatable bonds is 4. The standard InChI is InChI=1S/C21H28O4/c1-11-9-15(22)19(24-7)13(3)17(11)21(5,6)18-12(2)10-16(23)20(25-8)14(18)4/h9-10,22-23H,1-8H3. The summed E-state index contributed by atoms with van der Waals surface area (Å²) in [6, 6.07) is 3.48. The zero-order chi connectivity index (χ0) is 19.1. The molecule has 0 bridgehead atoms. The Balaban J connectivity index is 2.86. The van der Waals surface area contributed by atoms with Crippen LogP contribution in [-0.4, -0.2) is 24.4 Å². The maximum absolute atomic E-state index is 10.2. The first-order valence-electron chi connectivity index (χ1n) is 8.33. The Morgan fingerprint density at radius 3 is 1.32 bits per heavy atom.